The summed E-state index contributed by atoms with van der Waals surface area (Å²) in [5.74, 6) is 0.105. The van der Waals surface area contributed by atoms with Gasteiger partial charge < -0.3 is 15.2 Å². The number of hydrogen-bond donors (Lipinski definition) is 2. The van der Waals surface area contributed by atoms with E-state index in [2.05, 4.69) is 29.5 Å². The first-order chi connectivity index (χ1) is 8.63. The molecule has 0 unspecified atom stereocenters. The van der Waals surface area contributed by atoms with Crippen molar-refractivity contribution >= 4 is 5.91 Å². The standard InChI is InChI=1S/C13H24N4O/c1-4-6-15-13(18)5-7-17-10-14-8-12(17)9-16-11(2)3/h8,10-11,16H,4-7,9H2,1-3H3,(H,15,18). The highest BCUT2D eigenvalue weighted by Crippen LogP contribution is 2.01. The van der Waals surface area contributed by atoms with Crippen molar-refractivity contribution in [2.24, 2.45) is 0 Å². The van der Waals surface area contributed by atoms with Gasteiger partial charge in [0, 0.05) is 38.3 Å². The third kappa shape index (κ3) is 5.31. The fourth-order valence-electron chi connectivity index (χ4n) is 1.58. The molecule has 0 spiro atoms. The van der Waals surface area contributed by atoms with E-state index in [0.29, 0.717) is 19.0 Å². The zero-order valence-electron chi connectivity index (χ0n) is 11.6. The molecular formula is C13H24N4O. The molecule has 0 aliphatic rings. The van der Waals surface area contributed by atoms with E-state index in [1.54, 1.807) is 6.33 Å². The average molecular weight is 252 g/mol. The van der Waals surface area contributed by atoms with E-state index in [-0.39, 0.29) is 5.91 Å². The van der Waals surface area contributed by atoms with Crippen molar-refractivity contribution in [2.45, 2.75) is 52.7 Å². The third-order valence-corrected chi connectivity index (χ3v) is 2.64. The van der Waals surface area contributed by atoms with Gasteiger partial charge in [-0.05, 0) is 6.42 Å². The fourth-order valence-corrected chi connectivity index (χ4v) is 1.58. The Kier molecular flexibility index (Phi) is 6.43. The second-order valence-corrected chi connectivity index (χ2v) is 4.71. The van der Waals surface area contributed by atoms with Crippen LogP contribution in [-0.2, 0) is 17.9 Å². The third-order valence-electron chi connectivity index (χ3n) is 2.64. The van der Waals surface area contributed by atoms with Gasteiger partial charge in [-0.2, -0.15) is 0 Å². The molecule has 1 aromatic heterocycles. The minimum absolute atomic E-state index is 0.105. The maximum Gasteiger partial charge on any atom is 0.221 e. The van der Waals surface area contributed by atoms with Gasteiger partial charge in [0.15, 0.2) is 0 Å². The van der Waals surface area contributed by atoms with Gasteiger partial charge in [-0.1, -0.05) is 20.8 Å². The minimum atomic E-state index is 0.105. The highest BCUT2D eigenvalue weighted by Gasteiger charge is 2.05. The number of carbonyl (C=O) groups excluding carboxylic acids is 1. The van der Waals surface area contributed by atoms with E-state index in [4.69, 9.17) is 0 Å². The van der Waals surface area contributed by atoms with E-state index in [0.717, 1.165) is 25.2 Å². The van der Waals surface area contributed by atoms with Crippen LogP contribution >= 0.6 is 0 Å². The van der Waals surface area contributed by atoms with E-state index in [9.17, 15) is 4.79 Å². The summed E-state index contributed by atoms with van der Waals surface area (Å²) in [5.41, 5.74) is 1.12. The highest BCUT2D eigenvalue weighted by molar-refractivity contribution is 5.75. The molecule has 1 aromatic rings. The van der Waals surface area contributed by atoms with Gasteiger partial charge in [-0.25, -0.2) is 4.98 Å². The lowest BCUT2D eigenvalue weighted by Gasteiger charge is -2.11. The van der Waals surface area contributed by atoms with Gasteiger partial charge in [-0.3, -0.25) is 4.79 Å². The van der Waals surface area contributed by atoms with Gasteiger partial charge in [0.1, 0.15) is 0 Å². The van der Waals surface area contributed by atoms with Gasteiger partial charge >= 0.3 is 0 Å². The zero-order valence-corrected chi connectivity index (χ0v) is 11.6. The van der Waals surface area contributed by atoms with Crippen LogP contribution in [0.25, 0.3) is 0 Å². The van der Waals surface area contributed by atoms with Crippen LogP contribution in [-0.4, -0.2) is 28.0 Å². The van der Waals surface area contributed by atoms with Crippen LogP contribution < -0.4 is 10.6 Å². The Bertz CT molecular complexity index is 360. The van der Waals surface area contributed by atoms with Crippen molar-refractivity contribution in [3.8, 4) is 0 Å². The Labute approximate surface area is 109 Å². The van der Waals surface area contributed by atoms with Crippen molar-refractivity contribution in [2.75, 3.05) is 6.54 Å². The number of aryl methyl sites for hydroxylation is 1. The van der Waals surface area contributed by atoms with Crippen molar-refractivity contribution < 1.29 is 4.79 Å². The summed E-state index contributed by atoms with van der Waals surface area (Å²) in [6.45, 7) is 8.49. The second kappa shape index (κ2) is 7.87. The normalized spacial score (nSPS) is 10.9. The molecular weight excluding hydrogens is 228 g/mol. The molecule has 1 amide bonds. The van der Waals surface area contributed by atoms with Gasteiger partial charge in [0.25, 0.3) is 0 Å². The molecule has 0 aromatic carbocycles. The van der Waals surface area contributed by atoms with Crippen LogP contribution in [0.4, 0.5) is 0 Å². The monoisotopic (exact) mass is 252 g/mol. The smallest absolute Gasteiger partial charge is 0.221 e. The zero-order chi connectivity index (χ0) is 13.4. The molecule has 0 bridgehead atoms. The maximum atomic E-state index is 11.5. The molecule has 0 atom stereocenters. The van der Waals surface area contributed by atoms with Gasteiger partial charge in [0.05, 0.1) is 12.0 Å². The summed E-state index contributed by atoms with van der Waals surface area (Å²) >= 11 is 0. The van der Waals surface area contributed by atoms with E-state index in [1.807, 2.05) is 17.7 Å². The predicted octanol–water partition coefficient (Wildman–Crippen LogP) is 1.30. The number of carbonyl (C=O) groups is 1. The van der Waals surface area contributed by atoms with E-state index in [1.165, 1.54) is 0 Å². The highest BCUT2D eigenvalue weighted by atomic mass is 16.1. The Morgan fingerprint density at radius 2 is 2.28 bits per heavy atom. The number of aromatic nitrogens is 2. The fraction of sp³-hybridized carbons (Fsp3) is 0.692. The number of nitrogens with one attached hydrogen (secondary N) is 2. The number of rotatable bonds is 8. The maximum absolute atomic E-state index is 11.5. The molecule has 1 heterocycles. The molecule has 0 aliphatic carbocycles. The molecule has 0 saturated heterocycles. The second-order valence-electron chi connectivity index (χ2n) is 4.71. The molecule has 5 nitrogen and oxygen atoms in total. The van der Waals surface area contributed by atoms with Crippen molar-refractivity contribution in [3.63, 3.8) is 0 Å². The SMILES string of the molecule is CCCNC(=O)CCn1cncc1CNC(C)C. The lowest BCUT2D eigenvalue weighted by molar-refractivity contribution is -0.121. The number of hydrogen-bond acceptors (Lipinski definition) is 3. The van der Waals surface area contributed by atoms with Crippen LogP contribution in [0.3, 0.4) is 0 Å². The van der Waals surface area contributed by atoms with Crippen LogP contribution in [0.5, 0.6) is 0 Å². The topological polar surface area (TPSA) is 59.0 Å². The van der Waals surface area contributed by atoms with Crippen molar-refractivity contribution in [1.29, 1.82) is 0 Å². The van der Waals surface area contributed by atoms with Crippen molar-refractivity contribution in [1.82, 2.24) is 20.2 Å². The molecule has 0 radical (unpaired) electrons. The Morgan fingerprint density at radius 1 is 1.50 bits per heavy atom. The first-order valence-corrected chi connectivity index (χ1v) is 6.62. The first-order valence-electron chi connectivity index (χ1n) is 6.62. The van der Waals surface area contributed by atoms with Crippen LogP contribution in [0, 0.1) is 0 Å². The summed E-state index contributed by atoms with van der Waals surface area (Å²) in [4.78, 5) is 15.6. The molecule has 0 fully saturated rings. The van der Waals surface area contributed by atoms with Crippen LogP contribution in [0.2, 0.25) is 0 Å². The van der Waals surface area contributed by atoms with E-state index >= 15 is 0 Å². The Morgan fingerprint density at radius 3 is 2.94 bits per heavy atom. The number of nitrogens with zero attached hydrogens (tertiary/aromatic N) is 2. The van der Waals surface area contributed by atoms with Crippen LogP contribution in [0.15, 0.2) is 12.5 Å². The Balaban J connectivity index is 2.37. The van der Waals surface area contributed by atoms with Gasteiger partial charge in [-0.15, -0.1) is 0 Å². The van der Waals surface area contributed by atoms with Crippen LogP contribution in [0.1, 0.15) is 39.3 Å². The summed E-state index contributed by atoms with van der Waals surface area (Å²) in [7, 11) is 0. The molecule has 0 saturated carbocycles. The lowest BCUT2D eigenvalue weighted by atomic mass is 10.3. The molecule has 5 heteroatoms. The lowest BCUT2D eigenvalue weighted by Crippen LogP contribution is -2.26. The van der Waals surface area contributed by atoms with Crippen molar-refractivity contribution in [3.05, 3.63) is 18.2 Å². The Hall–Kier alpha value is -1.36. The molecule has 2 N–H and O–H groups in total. The van der Waals surface area contributed by atoms with Gasteiger partial charge in [0.2, 0.25) is 5.91 Å². The minimum Gasteiger partial charge on any atom is -0.356 e. The first kappa shape index (κ1) is 14.7. The van der Waals surface area contributed by atoms with E-state index < -0.39 is 0 Å². The molecule has 0 aliphatic heterocycles. The summed E-state index contributed by atoms with van der Waals surface area (Å²) in [6.07, 6.45) is 5.11. The summed E-state index contributed by atoms with van der Waals surface area (Å²) in [5, 5.41) is 6.22. The molecule has 1 rings (SSSR count). The number of imidazole rings is 1. The average Bonchev–Trinajstić information content (AvgIpc) is 2.78. The molecule has 18 heavy (non-hydrogen) atoms. The summed E-state index contributed by atoms with van der Waals surface area (Å²) in [6, 6.07) is 0.446. The molecule has 102 valence electrons. The number of amides is 1. The predicted molar refractivity (Wildman–Crippen MR) is 72.1 cm³/mol. The largest absolute Gasteiger partial charge is 0.356 e. The summed E-state index contributed by atoms with van der Waals surface area (Å²) < 4.78 is 2.03. The quantitative estimate of drug-likeness (QED) is 0.733.